The van der Waals surface area contributed by atoms with Gasteiger partial charge in [-0.05, 0) is 24.2 Å². The van der Waals surface area contributed by atoms with E-state index in [0.717, 1.165) is 22.7 Å². The van der Waals surface area contributed by atoms with E-state index in [0.29, 0.717) is 42.1 Å². The van der Waals surface area contributed by atoms with Gasteiger partial charge in [-0.15, -0.1) is 0 Å². The van der Waals surface area contributed by atoms with Gasteiger partial charge < -0.3 is 19.8 Å². The molecule has 0 fully saturated rings. The number of anilines is 1. The lowest BCUT2D eigenvalue weighted by atomic mass is 10.1. The number of aryl methyl sites for hydroxylation is 1. The first kappa shape index (κ1) is 23.2. The Kier molecular flexibility index (Phi) is 7.29. The summed E-state index contributed by atoms with van der Waals surface area (Å²) in [7, 11) is 0.159. The smallest absolute Gasteiger partial charge is 0.305 e. The van der Waals surface area contributed by atoms with Crippen LogP contribution in [0.1, 0.15) is 12.1 Å². The highest BCUT2D eigenvalue weighted by Gasteiger charge is 2.19. The largest absolute Gasteiger partial charge is 0.469 e. The molecular weight excluding hydrogens is 434 g/mol. The summed E-state index contributed by atoms with van der Waals surface area (Å²) in [5.41, 5.74) is 9.15. The highest BCUT2D eigenvalue weighted by atomic mass is 35.5. The minimum atomic E-state index is -1.21. The van der Waals surface area contributed by atoms with Crippen molar-refractivity contribution in [2.45, 2.75) is 45.3 Å². The third-order valence-corrected chi connectivity index (χ3v) is 6.86. The fourth-order valence-electron chi connectivity index (χ4n) is 3.19. The van der Waals surface area contributed by atoms with Gasteiger partial charge in [-0.1, -0.05) is 31.2 Å². The van der Waals surface area contributed by atoms with E-state index in [2.05, 4.69) is 34.6 Å². The Morgan fingerprint density at radius 2 is 2.03 bits per heavy atom. The SMILES string of the molecule is COC(=O)CCc1nc(Cl)ccc1-c1cc2c(N)ncnc2n1COCC[Si](C)(C)C. The third kappa shape index (κ3) is 5.81. The topological polar surface area (TPSA) is 105 Å². The molecule has 3 aromatic heterocycles. The molecule has 0 aliphatic carbocycles. The Morgan fingerprint density at radius 3 is 2.74 bits per heavy atom. The second kappa shape index (κ2) is 9.76. The first-order valence-electron chi connectivity index (χ1n) is 10.1. The zero-order valence-corrected chi connectivity index (χ0v) is 20.1. The summed E-state index contributed by atoms with van der Waals surface area (Å²) in [6, 6.07) is 6.60. The standard InChI is InChI=1S/C21H28ClN5O3Si/c1-29-19(28)8-6-16-14(5-7-18(22)26-16)17-11-15-20(23)24-12-25-21(15)27(17)13-30-9-10-31(2,3)4/h5,7,11-12H,6,8-10,13H2,1-4H3,(H2,23,24,25). The number of fused-ring (bicyclic) bond motifs is 1. The fourth-order valence-corrected chi connectivity index (χ4v) is 4.11. The van der Waals surface area contributed by atoms with Crippen LogP contribution in [0, 0.1) is 0 Å². The highest BCUT2D eigenvalue weighted by molar-refractivity contribution is 6.76. The van der Waals surface area contributed by atoms with Crippen molar-refractivity contribution in [3.8, 4) is 11.3 Å². The number of pyridine rings is 1. The van der Waals surface area contributed by atoms with E-state index in [1.165, 1.54) is 13.4 Å². The van der Waals surface area contributed by atoms with Gasteiger partial charge in [0.25, 0.3) is 0 Å². The summed E-state index contributed by atoms with van der Waals surface area (Å²) in [6.07, 6.45) is 2.03. The number of aromatic nitrogens is 4. The molecule has 3 aromatic rings. The molecule has 3 heterocycles. The van der Waals surface area contributed by atoms with Crippen molar-refractivity contribution in [2.75, 3.05) is 19.5 Å². The molecule has 31 heavy (non-hydrogen) atoms. The van der Waals surface area contributed by atoms with E-state index in [1.807, 2.05) is 16.7 Å². The number of esters is 1. The maximum absolute atomic E-state index is 11.7. The normalized spacial score (nSPS) is 11.8. The van der Waals surface area contributed by atoms with Crippen LogP contribution in [0.4, 0.5) is 5.82 Å². The quantitative estimate of drug-likeness (QED) is 0.221. The van der Waals surface area contributed by atoms with Crippen LogP contribution in [-0.2, 0) is 27.4 Å². The lowest BCUT2D eigenvalue weighted by Crippen LogP contribution is -2.22. The van der Waals surface area contributed by atoms with E-state index in [4.69, 9.17) is 26.8 Å². The number of ether oxygens (including phenoxy) is 2. The average Bonchev–Trinajstić information content (AvgIpc) is 3.08. The van der Waals surface area contributed by atoms with Crippen LogP contribution in [0.5, 0.6) is 0 Å². The van der Waals surface area contributed by atoms with Gasteiger partial charge in [-0.3, -0.25) is 4.79 Å². The Morgan fingerprint density at radius 1 is 1.26 bits per heavy atom. The Balaban J connectivity index is 2.01. The van der Waals surface area contributed by atoms with Crippen molar-refractivity contribution in [2.24, 2.45) is 0 Å². The number of carbonyl (C=O) groups is 1. The van der Waals surface area contributed by atoms with Crippen LogP contribution in [0.2, 0.25) is 30.8 Å². The molecule has 0 aliphatic heterocycles. The second-order valence-corrected chi connectivity index (χ2v) is 14.5. The summed E-state index contributed by atoms with van der Waals surface area (Å²) < 4.78 is 12.8. The van der Waals surface area contributed by atoms with E-state index in [-0.39, 0.29) is 12.4 Å². The van der Waals surface area contributed by atoms with Crippen molar-refractivity contribution in [3.05, 3.63) is 35.4 Å². The predicted octanol–water partition coefficient (Wildman–Crippen LogP) is 4.15. The van der Waals surface area contributed by atoms with Gasteiger partial charge >= 0.3 is 5.97 Å². The number of rotatable bonds is 9. The molecular formula is C21H28ClN5O3Si. The number of nitrogens with two attached hydrogens (primary N) is 1. The maximum atomic E-state index is 11.7. The number of hydrogen-bond donors (Lipinski definition) is 1. The fraction of sp³-hybridized carbons (Fsp3) is 0.429. The molecule has 0 radical (unpaired) electrons. The lowest BCUT2D eigenvalue weighted by molar-refractivity contribution is -0.140. The van der Waals surface area contributed by atoms with Crippen LogP contribution < -0.4 is 5.73 Å². The minimum Gasteiger partial charge on any atom is -0.469 e. The van der Waals surface area contributed by atoms with Crippen molar-refractivity contribution in [1.82, 2.24) is 19.5 Å². The van der Waals surface area contributed by atoms with Gasteiger partial charge in [0.15, 0.2) is 0 Å². The highest BCUT2D eigenvalue weighted by Crippen LogP contribution is 2.32. The molecule has 8 nitrogen and oxygen atoms in total. The molecule has 0 amide bonds. The first-order valence-corrected chi connectivity index (χ1v) is 14.2. The molecule has 0 spiro atoms. The van der Waals surface area contributed by atoms with E-state index < -0.39 is 8.07 Å². The van der Waals surface area contributed by atoms with Gasteiger partial charge in [0.1, 0.15) is 29.7 Å². The molecule has 166 valence electrons. The molecule has 0 atom stereocenters. The van der Waals surface area contributed by atoms with Gasteiger partial charge in [0.05, 0.1) is 30.3 Å². The van der Waals surface area contributed by atoms with E-state index in [1.54, 1.807) is 6.07 Å². The molecule has 0 aromatic carbocycles. The molecule has 10 heteroatoms. The third-order valence-electron chi connectivity index (χ3n) is 4.95. The minimum absolute atomic E-state index is 0.200. The van der Waals surface area contributed by atoms with Gasteiger partial charge in [-0.25, -0.2) is 15.0 Å². The van der Waals surface area contributed by atoms with Crippen molar-refractivity contribution < 1.29 is 14.3 Å². The lowest BCUT2D eigenvalue weighted by Gasteiger charge is -2.17. The van der Waals surface area contributed by atoms with Crippen molar-refractivity contribution in [3.63, 3.8) is 0 Å². The van der Waals surface area contributed by atoms with E-state index in [9.17, 15) is 4.79 Å². The molecule has 3 rings (SSSR count). The van der Waals surface area contributed by atoms with Crippen LogP contribution >= 0.6 is 11.6 Å². The summed E-state index contributed by atoms with van der Waals surface area (Å²) in [6.45, 7) is 7.93. The molecule has 0 saturated carbocycles. The molecule has 0 saturated heterocycles. The zero-order chi connectivity index (χ0) is 22.6. The molecule has 2 N–H and O–H groups in total. The number of methoxy groups -OCH3 is 1. The first-order chi connectivity index (χ1) is 14.7. The number of carbonyl (C=O) groups excluding carboxylic acids is 1. The van der Waals surface area contributed by atoms with Crippen LogP contribution in [-0.4, -0.2) is 47.3 Å². The molecule has 0 bridgehead atoms. The Hall–Kier alpha value is -2.49. The van der Waals surface area contributed by atoms with Gasteiger partial charge in [0.2, 0.25) is 0 Å². The second-order valence-electron chi connectivity index (χ2n) is 8.51. The van der Waals surface area contributed by atoms with Crippen LogP contribution in [0.3, 0.4) is 0 Å². The monoisotopic (exact) mass is 461 g/mol. The summed E-state index contributed by atoms with van der Waals surface area (Å²) in [4.78, 5) is 24.7. The number of halogens is 1. The van der Waals surface area contributed by atoms with Crippen LogP contribution in [0.25, 0.3) is 22.3 Å². The zero-order valence-electron chi connectivity index (χ0n) is 18.3. The number of nitrogens with zero attached hydrogens (tertiary/aromatic N) is 4. The van der Waals surface area contributed by atoms with Gasteiger partial charge in [-0.2, -0.15) is 0 Å². The van der Waals surface area contributed by atoms with Crippen molar-refractivity contribution in [1.29, 1.82) is 0 Å². The summed E-state index contributed by atoms with van der Waals surface area (Å²) in [5.74, 6) is 0.0863. The Labute approximate surface area is 187 Å². The summed E-state index contributed by atoms with van der Waals surface area (Å²) >= 11 is 6.15. The van der Waals surface area contributed by atoms with Gasteiger partial charge in [0, 0.05) is 26.7 Å². The average molecular weight is 462 g/mol. The maximum Gasteiger partial charge on any atom is 0.305 e. The summed E-state index contributed by atoms with van der Waals surface area (Å²) in [5, 5.41) is 1.09. The van der Waals surface area contributed by atoms with E-state index >= 15 is 0 Å². The molecule has 0 aliphatic rings. The van der Waals surface area contributed by atoms with Crippen LogP contribution in [0.15, 0.2) is 24.5 Å². The number of nitrogen functional groups attached to an aromatic ring is 1. The predicted molar refractivity (Wildman–Crippen MR) is 125 cm³/mol. The Bertz CT molecular complexity index is 1080. The molecule has 0 unspecified atom stereocenters. The number of hydrogen-bond acceptors (Lipinski definition) is 7. The van der Waals surface area contributed by atoms with Crippen molar-refractivity contribution >= 4 is 42.5 Å².